The lowest BCUT2D eigenvalue weighted by atomic mass is 10.1. The van der Waals surface area contributed by atoms with Crippen LogP contribution < -0.4 is 10.1 Å². The summed E-state index contributed by atoms with van der Waals surface area (Å²) in [5.41, 5.74) is 4.43. The van der Waals surface area contributed by atoms with E-state index < -0.39 is 0 Å². The maximum Gasteiger partial charge on any atom is 0.246 e. The Morgan fingerprint density at radius 3 is 2.76 bits per heavy atom. The Hall–Kier alpha value is -2.86. The number of imidazole rings is 1. The maximum absolute atomic E-state index is 11.7. The third-order valence-electron chi connectivity index (χ3n) is 4.82. The summed E-state index contributed by atoms with van der Waals surface area (Å²) in [6.07, 6.45) is 1.90. The van der Waals surface area contributed by atoms with Crippen molar-refractivity contribution in [3.05, 3.63) is 59.4 Å². The van der Waals surface area contributed by atoms with Gasteiger partial charge in [0.15, 0.2) is 0 Å². The summed E-state index contributed by atoms with van der Waals surface area (Å²) >= 11 is 0. The van der Waals surface area contributed by atoms with Crippen molar-refractivity contribution in [3.63, 3.8) is 0 Å². The topological polar surface area (TPSA) is 65.4 Å². The SMILES string of the molecule is COCC(=O)NCc1nc2ccccc2n1CCCCOc1ccc(C)cc1C. The number of nitrogens with zero attached hydrogens (tertiary/aromatic N) is 2. The Morgan fingerprint density at radius 1 is 1.14 bits per heavy atom. The van der Waals surface area contributed by atoms with Gasteiger partial charge in [0.1, 0.15) is 18.2 Å². The van der Waals surface area contributed by atoms with Gasteiger partial charge in [0, 0.05) is 13.7 Å². The van der Waals surface area contributed by atoms with Crippen LogP contribution in [0.3, 0.4) is 0 Å². The quantitative estimate of drug-likeness (QED) is 0.531. The monoisotopic (exact) mass is 395 g/mol. The molecular formula is C23H29N3O3. The van der Waals surface area contributed by atoms with Gasteiger partial charge in [-0.2, -0.15) is 0 Å². The van der Waals surface area contributed by atoms with Crippen LogP contribution in [0.5, 0.6) is 5.75 Å². The van der Waals surface area contributed by atoms with Gasteiger partial charge in [-0.15, -0.1) is 0 Å². The number of amides is 1. The molecule has 0 saturated heterocycles. The number of ether oxygens (including phenoxy) is 2. The molecule has 0 spiro atoms. The lowest BCUT2D eigenvalue weighted by molar-refractivity contribution is -0.124. The van der Waals surface area contributed by atoms with Crippen molar-refractivity contribution in [1.29, 1.82) is 0 Å². The lowest BCUT2D eigenvalue weighted by Crippen LogP contribution is -2.28. The van der Waals surface area contributed by atoms with Gasteiger partial charge in [0.05, 0.1) is 24.2 Å². The first-order valence-corrected chi connectivity index (χ1v) is 9.98. The van der Waals surface area contributed by atoms with Crippen LogP contribution in [0.2, 0.25) is 0 Å². The summed E-state index contributed by atoms with van der Waals surface area (Å²) in [4.78, 5) is 16.4. The Labute approximate surface area is 171 Å². The smallest absolute Gasteiger partial charge is 0.246 e. The number of hydrogen-bond acceptors (Lipinski definition) is 4. The van der Waals surface area contributed by atoms with Crippen LogP contribution in [0.25, 0.3) is 11.0 Å². The highest BCUT2D eigenvalue weighted by Crippen LogP contribution is 2.20. The second-order valence-electron chi connectivity index (χ2n) is 7.20. The zero-order chi connectivity index (χ0) is 20.6. The van der Waals surface area contributed by atoms with Crippen molar-refractivity contribution >= 4 is 16.9 Å². The molecule has 0 aliphatic carbocycles. The molecule has 0 saturated carbocycles. The third kappa shape index (κ3) is 5.57. The van der Waals surface area contributed by atoms with E-state index in [1.807, 2.05) is 24.3 Å². The first-order valence-electron chi connectivity index (χ1n) is 9.98. The fourth-order valence-corrected chi connectivity index (χ4v) is 3.39. The van der Waals surface area contributed by atoms with E-state index in [4.69, 9.17) is 9.47 Å². The van der Waals surface area contributed by atoms with Crippen molar-refractivity contribution < 1.29 is 14.3 Å². The Morgan fingerprint density at radius 2 is 1.97 bits per heavy atom. The van der Waals surface area contributed by atoms with Crippen LogP contribution in [-0.2, 0) is 22.6 Å². The molecule has 3 rings (SSSR count). The number of rotatable bonds is 10. The Kier molecular flexibility index (Phi) is 7.25. The van der Waals surface area contributed by atoms with E-state index in [9.17, 15) is 4.79 Å². The van der Waals surface area contributed by atoms with Crippen molar-refractivity contribution in [1.82, 2.24) is 14.9 Å². The average Bonchev–Trinajstić information content (AvgIpc) is 3.05. The average molecular weight is 396 g/mol. The van der Waals surface area contributed by atoms with Crippen molar-refractivity contribution in [2.75, 3.05) is 20.3 Å². The lowest BCUT2D eigenvalue weighted by Gasteiger charge is -2.12. The van der Waals surface area contributed by atoms with Crippen molar-refractivity contribution in [2.45, 2.75) is 39.8 Å². The molecule has 1 amide bonds. The molecule has 0 aliphatic heterocycles. The summed E-state index contributed by atoms with van der Waals surface area (Å²) in [7, 11) is 1.51. The fourth-order valence-electron chi connectivity index (χ4n) is 3.39. The van der Waals surface area contributed by atoms with Crippen molar-refractivity contribution in [2.24, 2.45) is 0 Å². The van der Waals surface area contributed by atoms with Crippen LogP contribution in [0.1, 0.15) is 29.8 Å². The second kappa shape index (κ2) is 10.1. The van der Waals surface area contributed by atoms with Gasteiger partial charge in [0.25, 0.3) is 0 Å². The molecule has 0 atom stereocenters. The zero-order valence-electron chi connectivity index (χ0n) is 17.4. The molecule has 154 valence electrons. The van der Waals surface area contributed by atoms with Gasteiger partial charge < -0.3 is 19.4 Å². The van der Waals surface area contributed by atoms with E-state index in [2.05, 4.69) is 46.9 Å². The van der Waals surface area contributed by atoms with Crippen LogP contribution in [-0.4, -0.2) is 35.8 Å². The molecule has 0 aliphatic rings. The van der Waals surface area contributed by atoms with E-state index in [0.29, 0.717) is 13.2 Å². The molecule has 0 radical (unpaired) electrons. The van der Waals surface area contributed by atoms with E-state index in [-0.39, 0.29) is 12.5 Å². The highest BCUT2D eigenvalue weighted by Gasteiger charge is 2.11. The minimum absolute atomic E-state index is 0.0516. The molecule has 2 aromatic carbocycles. The van der Waals surface area contributed by atoms with Crippen molar-refractivity contribution in [3.8, 4) is 5.75 Å². The van der Waals surface area contributed by atoms with E-state index in [1.165, 1.54) is 18.2 Å². The Bertz CT molecular complexity index is 965. The van der Waals surface area contributed by atoms with Crippen LogP contribution >= 0.6 is 0 Å². The summed E-state index contributed by atoms with van der Waals surface area (Å²) in [5, 5.41) is 2.86. The van der Waals surface area contributed by atoms with Gasteiger partial charge in [-0.3, -0.25) is 4.79 Å². The van der Waals surface area contributed by atoms with Crippen LogP contribution in [0.15, 0.2) is 42.5 Å². The van der Waals surface area contributed by atoms with Gasteiger partial charge in [-0.1, -0.05) is 29.8 Å². The third-order valence-corrected chi connectivity index (χ3v) is 4.82. The largest absolute Gasteiger partial charge is 0.493 e. The van der Waals surface area contributed by atoms with E-state index in [0.717, 1.165) is 42.0 Å². The predicted octanol–water partition coefficient (Wildman–Crippen LogP) is 3.77. The van der Waals surface area contributed by atoms with Crippen LogP contribution in [0.4, 0.5) is 0 Å². The first-order chi connectivity index (χ1) is 14.1. The molecule has 1 N–H and O–H groups in total. The number of carbonyl (C=O) groups excluding carboxylic acids is 1. The number of hydrogen-bond donors (Lipinski definition) is 1. The molecule has 0 bridgehead atoms. The van der Waals surface area contributed by atoms with E-state index in [1.54, 1.807) is 0 Å². The molecule has 0 fully saturated rings. The summed E-state index contributed by atoms with van der Waals surface area (Å²) in [6.45, 7) is 6.10. The van der Waals surface area contributed by atoms with Gasteiger partial charge in [-0.05, 0) is 50.5 Å². The van der Waals surface area contributed by atoms with Gasteiger partial charge in [0.2, 0.25) is 5.91 Å². The number of unbranched alkanes of at least 4 members (excludes halogenated alkanes) is 1. The van der Waals surface area contributed by atoms with E-state index >= 15 is 0 Å². The Balaban J connectivity index is 1.58. The molecule has 6 nitrogen and oxygen atoms in total. The highest BCUT2D eigenvalue weighted by molar-refractivity contribution is 5.78. The molecule has 0 unspecified atom stereocenters. The number of benzene rings is 2. The minimum atomic E-state index is -0.145. The molecule has 29 heavy (non-hydrogen) atoms. The predicted molar refractivity (Wildman–Crippen MR) is 114 cm³/mol. The van der Waals surface area contributed by atoms with Crippen LogP contribution in [0, 0.1) is 13.8 Å². The second-order valence-corrected chi connectivity index (χ2v) is 7.20. The number of methoxy groups -OCH3 is 1. The first kappa shape index (κ1) is 20.9. The molecular weight excluding hydrogens is 366 g/mol. The number of carbonyl (C=O) groups is 1. The molecule has 1 heterocycles. The number of nitrogens with one attached hydrogen (secondary N) is 1. The number of para-hydroxylation sites is 2. The minimum Gasteiger partial charge on any atom is -0.493 e. The summed E-state index contributed by atoms with van der Waals surface area (Å²) in [5.74, 6) is 1.66. The summed E-state index contributed by atoms with van der Waals surface area (Å²) in [6, 6.07) is 14.3. The highest BCUT2D eigenvalue weighted by atomic mass is 16.5. The molecule has 3 aromatic rings. The zero-order valence-corrected chi connectivity index (χ0v) is 17.4. The number of fused-ring (bicyclic) bond motifs is 1. The van der Waals surface area contributed by atoms with Gasteiger partial charge >= 0.3 is 0 Å². The normalized spacial score (nSPS) is 11.0. The molecule has 1 aromatic heterocycles. The fraction of sp³-hybridized carbons (Fsp3) is 0.391. The summed E-state index contributed by atoms with van der Waals surface area (Å²) < 4.78 is 13.0. The molecule has 6 heteroatoms. The number of aromatic nitrogens is 2. The maximum atomic E-state index is 11.7. The number of aryl methyl sites for hydroxylation is 3. The van der Waals surface area contributed by atoms with Gasteiger partial charge in [-0.25, -0.2) is 4.98 Å². The standard InChI is InChI=1S/C23H29N3O3/c1-17-10-11-21(18(2)14-17)29-13-7-6-12-26-20-9-5-4-8-19(20)25-22(26)15-24-23(27)16-28-3/h4-5,8-11,14H,6-7,12-13,15-16H2,1-3H3,(H,24,27).